The van der Waals surface area contributed by atoms with Gasteiger partial charge in [0.2, 0.25) is 0 Å². The van der Waals surface area contributed by atoms with Crippen molar-refractivity contribution in [1.29, 1.82) is 0 Å². The second-order valence-corrected chi connectivity index (χ2v) is 6.60. The van der Waals surface area contributed by atoms with Gasteiger partial charge < -0.3 is 4.90 Å². The zero-order valence-corrected chi connectivity index (χ0v) is 10.8. The Hall–Kier alpha value is 0.440. The molecule has 0 atom stereocenters. The van der Waals surface area contributed by atoms with E-state index in [1.165, 1.54) is 51.6 Å². The molecule has 2 saturated carbocycles. The SMILES string of the molecule is CN(CC1CCCC1)CC1CC(Br)C1. The van der Waals surface area contributed by atoms with Gasteiger partial charge >= 0.3 is 0 Å². The fourth-order valence-corrected chi connectivity index (χ4v) is 4.01. The topological polar surface area (TPSA) is 3.24 Å². The first-order valence-electron chi connectivity index (χ1n) is 6.06. The predicted octanol–water partition coefficient (Wildman–Crippen LogP) is 3.28. The van der Waals surface area contributed by atoms with Gasteiger partial charge in [-0.25, -0.2) is 0 Å². The van der Waals surface area contributed by atoms with E-state index in [4.69, 9.17) is 0 Å². The zero-order chi connectivity index (χ0) is 9.97. The standard InChI is InChI=1S/C12H22BrN/c1-14(8-10-4-2-3-5-10)9-11-6-12(13)7-11/h10-12H,2-9H2,1H3. The number of halogens is 1. The summed E-state index contributed by atoms with van der Waals surface area (Å²) >= 11 is 3.66. The highest BCUT2D eigenvalue weighted by Gasteiger charge is 2.28. The van der Waals surface area contributed by atoms with Crippen molar-refractivity contribution in [2.24, 2.45) is 11.8 Å². The Morgan fingerprint density at radius 3 is 2.21 bits per heavy atom. The summed E-state index contributed by atoms with van der Waals surface area (Å²) in [5.41, 5.74) is 0. The Morgan fingerprint density at radius 1 is 1.07 bits per heavy atom. The van der Waals surface area contributed by atoms with Crippen LogP contribution < -0.4 is 0 Å². The molecule has 14 heavy (non-hydrogen) atoms. The van der Waals surface area contributed by atoms with E-state index in [-0.39, 0.29) is 0 Å². The van der Waals surface area contributed by atoms with Gasteiger partial charge in [0.1, 0.15) is 0 Å². The smallest absolute Gasteiger partial charge is 0.0152 e. The highest BCUT2D eigenvalue weighted by Crippen LogP contribution is 2.34. The Morgan fingerprint density at radius 2 is 1.64 bits per heavy atom. The molecule has 2 fully saturated rings. The highest BCUT2D eigenvalue weighted by molar-refractivity contribution is 9.09. The van der Waals surface area contributed by atoms with Crippen molar-refractivity contribution in [1.82, 2.24) is 4.90 Å². The largest absolute Gasteiger partial charge is 0.306 e. The van der Waals surface area contributed by atoms with Gasteiger partial charge in [-0.1, -0.05) is 28.8 Å². The fraction of sp³-hybridized carbons (Fsp3) is 1.00. The van der Waals surface area contributed by atoms with Crippen LogP contribution in [0.1, 0.15) is 38.5 Å². The van der Waals surface area contributed by atoms with Crippen LogP contribution in [0.15, 0.2) is 0 Å². The van der Waals surface area contributed by atoms with Gasteiger partial charge in [0.15, 0.2) is 0 Å². The molecule has 0 aromatic rings. The normalized spacial score (nSPS) is 33.6. The van der Waals surface area contributed by atoms with E-state index < -0.39 is 0 Å². The van der Waals surface area contributed by atoms with E-state index in [1.54, 1.807) is 0 Å². The molecular formula is C12H22BrN. The van der Waals surface area contributed by atoms with Gasteiger partial charge in [-0.05, 0) is 44.6 Å². The van der Waals surface area contributed by atoms with Crippen molar-refractivity contribution in [3.63, 3.8) is 0 Å². The van der Waals surface area contributed by atoms with E-state index in [0.717, 1.165) is 16.7 Å². The summed E-state index contributed by atoms with van der Waals surface area (Å²) < 4.78 is 0. The third-order valence-corrected chi connectivity index (χ3v) is 4.54. The van der Waals surface area contributed by atoms with Crippen molar-refractivity contribution >= 4 is 15.9 Å². The summed E-state index contributed by atoms with van der Waals surface area (Å²) in [6.45, 7) is 2.68. The number of nitrogens with zero attached hydrogens (tertiary/aromatic N) is 1. The Labute approximate surface area is 96.4 Å². The van der Waals surface area contributed by atoms with Gasteiger partial charge in [-0.15, -0.1) is 0 Å². The summed E-state index contributed by atoms with van der Waals surface area (Å²) in [4.78, 5) is 3.40. The number of alkyl halides is 1. The van der Waals surface area contributed by atoms with Crippen molar-refractivity contribution in [2.45, 2.75) is 43.4 Å². The lowest BCUT2D eigenvalue weighted by molar-refractivity contribution is 0.192. The van der Waals surface area contributed by atoms with Crippen LogP contribution in [0.3, 0.4) is 0 Å². The summed E-state index contributed by atoms with van der Waals surface area (Å²) in [5, 5.41) is 0. The monoisotopic (exact) mass is 259 g/mol. The van der Waals surface area contributed by atoms with Crippen molar-refractivity contribution in [3.8, 4) is 0 Å². The maximum atomic E-state index is 3.66. The molecule has 2 aliphatic carbocycles. The van der Waals surface area contributed by atoms with Crippen LogP contribution in [0.4, 0.5) is 0 Å². The Balaban J connectivity index is 1.60. The van der Waals surface area contributed by atoms with Crippen LogP contribution >= 0.6 is 15.9 Å². The fourth-order valence-electron chi connectivity index (χ4n) is 2.95. The lowest BCUT2D eigenvalue weighted by Gasteiger charge is -2.35. The van der Waals surface area contributed by atoms with Gasteiger partial charge in [-0.3, -0.25) is 0 Å². The molecule has 0 amide bonds. The molecule has 0 radical (unpaired) electrons. The van der Waals surface area contributed by atoms with Crippen LogP contribution in [-0.4, -0.2) is 29.9 Å². The predicted molar refractivity (Wildman–Crippen MR) is 64.9 cm³/mol. The van der Waals surface area contributed by atoms with Crippen LogP contribution in [-0.2, 0) is 0 Å². The molecule has 1 nitrogen and oxygen atoms in total. The third kappa shape index (κ3) is 2.96. The first kappa shape index (κ1) is 10.9. The summed E-state index contributed by atoms with van der Waals surface area (Å²) in [6.07, 6.45) is 8.72. The minimum atomic E-state index is 0.826. The second kappa shape index (κ2) is 4.98. The lowest BCUT2D eigenvalue weighted by Crippen LogP contribution is -2.36. The molecule has 0 bridgehead atoms. The molecule has 0 aromatic carbocycles. The van der Waals surface area contributed by atoms with Crippen LogP contribution in [0.5, 0.6) is 0 Å². The third-order valence-electron chi connectivity index (χ3n) is 3.79. The Bertz CT molecular complexity index is 171. The second-order valence-electron chi connectivity index (χ2n) is 5.31. The average molecular weight is 260 g/mol. The Kier molecular flexibility index (Phi) is 3.89. The summed E-state index contributed by atoms with van der Waals surface area (Å²) in [5.74, 6) is 1.99. The van der Waals surface area contributed by atoms with Gasteiger partial charge in [0.05, 0.1) is 0 Å². The van der Waals surface area contributed by atoms with Crippen molar-refractivity contribution in [3.05, 3.63) is 0 Å². The molecule has 0 N–H and O–H groups in total. The van der Waals surface area contributed by atoms with Crippen LogP contribution in [0.2, 0.25) is 0 Å². The number of hydrogen-bond donors (Lipinski definition) is 0. The van der Waals surface area contributed by atoms with Crippen molar-refractivity contribution in [2.75, 3.05) is 20.1 Å². The first-order valence-corrected chi connectivity index (χ1v) is 6.98. The van der Waals surface area contributed by atoms with E-state index in [2.05, 4.69) is 27.9 Å². The van der Waals surface area contributed by atoms with Gasteiger partial charge in [-0.2, -0.15) is 0 Å². The zero-order valence-electron chi connectivity index (χ0n) is 9.21. The molecule has 0 heterocycles. The lowest BCUT2D eigenvalue weighted by atomic mass is 9.85. The molecule has 0 spiro atoms. The average Bonchev–Trinajstić information content (AvgIpc) is 2.54. The molecule has 2 rings (SSSR count). The summed E-state index contributed by atoms with van der Waals surface area (Å²) in [7, 11) is 2.31. The molecule has 0 aliphatic heterocycles. The highest BCUT2D eigenvalue weighted by atomic mass is 79.9. The van der Waals surface area contributed by atoms with E-state index in [1.807, 2.05) is 0 Å². The number of rotatable bonds is 4. The molecule has 2 aliphatic rings. The van der Waals surface area contributed by atoms with Crippen LogP contribution in [0, 0.1) is 11.8 Å². The van der Waals surface area contributed by atoms with Gasteiger partial charge in [0, 0.05) is 17.9 Å². The minimum absolute atomic E-state index is 0.826. The first-order chi connectivity index (χ1) is 6.74. The minimum Gasteiger partial charge on any atom is -0.306 e. The molecule has 0 aromatic heterocycles. The summed E-state index contributed by atoms with van der Waals surface area (Å²) in [6, 6.07) is 0. The van der Waals surface area contributed by atoms with E-state index >= 15 is 0 Å². The van der Waals surface area contributed by atoms with E-state index in [9.17, 15) is 0 Å². The van der Waals surface area contributed by atoms with E-state index in [0.29, 0.717) is 0 Å². The molecule has 82 valence electrons. The maximum Gasteiger partial charge on any atom is 0.0152 e. The van der Waals surface area contributed by atoms with Crippen molar-refractivity contribution < 1.29 is 0 Å². The quantitative estimate of drug-likeness (QED) is 0.701. The molecule has 2 heteroatoms. The van der Waals surface area contributed by atoms with Gasteiger partial charge in [0.25, 0.3) is 0 Å². The molecular weight excluding hydrogens is 238 g/mol. The maximum absolute atomic E-state index is 3.66. The van der Waals surface area contributed by atoms with Crippen LogP contribution in [0.25, 0.3) is 0 Å². The molecule has 0 unspecified atom stereocenters. The number of hydrogen-bond acceptors (Lipinski definition) is 1. The molecule has 0 saturated heterocycles.